The van der Waals surface area contributed by atoms with Crippen LogP contribution < -0.4 is 10.6 Å². The maximum absolute atomic E-state index is 11.8. The molecule has 0 aliphatic carbocycles. The predicted octanol–water partition coefficient (Wildman–Crippen LogP) is 3.34. The van der Waals surface area contributed by atoms with Crippen LogP contribution >= 0.6 is 11.8 Å². The lowest BCUT2D eigenvalue weighted by molar-refractivity contribution is 0.0963. The second kappa shape index (κ2) is 11.7. The normalized spacial score (nSPS) is 16.7. The van der Waals surface area contributed by atoms with E-state index in [9.17, 15) is 4.79 Å². The summed E-state index contributed by atoms with van der Waals surface area (Å²) < 4.78 is 5.08. The smallest absolute Gasteiger partial charge is 0.409 e. The van der Waals surface area contributed by atoms with E-state index >= 15 is 0 Å². The van der Waals surface area contributed by atoms with E-state index in [0.717, 1.165) is 45.0 Å². The molecule has 0 radical (unpaired) electrons. The van der Waals surface area contributed by atoms with Gasteiger partial charge in [0, 0.05) is 35.8 Å². The van der Waals surface area contributed by atoms with Crippen LogP contribution in [0.1, 0.15) is 33.6 Å². The number of aliphatic imine (C=N–C) groups is 1. The average Bonchev–Trinajstić information content (AvgIpc) is 2.68. The van der Waals surface area contributed by atoms with E-state index in [2.05, 4.69) is 48.7 Å². The summed E-state index contributed by atoms with van der Waals surface area (Å²) in [5.41, 5.74) is 0. The van der Waals surface area contributed by atoms with Gasteiger partial charge in [-0.1, -0.05) is 25.1 Å². The molecule has 0 bridgehead atoms. The molecule has 1 aromatic carbocycles. The van der Waals surface area contributed by atoms with Crippen molar-refractivity contribution in [2.45, 2.75) is 49.8 Å². The molecule has 0 spiro atoms. The molecule has 2 rings (SSSR count). The van der Waals surface area contributed by atoms with Crippen molar-refractivity contribution in [3.05, 3.63) is 30.3 Å². The monoisotopic (exact) mass is 392 g/mol. The number of carbonyl (C=O) groups is 1. The van der Waals surface area contributed by atoms with Crippen molar-refractivity contribution in [1.82, 2.24) is 15.5 Å². The van der Waals surface area contributed by atoms with Gasteiger partial charge in [0.05, 0.1) is 13.2 Å². The van der Waals surface area contributed by atoms with Gasteiger partial charge in [-0.25, -0.2) is 4.79 Å². The van der Waals surface area contributed by atoms with E-state index in [0.29, 0.717) is 17.9 Å². The van der Waals surface area contributed by atoms with E-state index in [-0.39, 0.29) is 6.09 Å². The Morgan fingerprint density at radius 1 is 1.30 bits per heavy atom. The van der Waals surface area contributed by atoms with Crippen LogP contribution in [0.3, 0.4) is 0 Å². The Hall–Kier alpha value is -1.89. The van der Waals surface area contributed by atoms with Crippen molar-refractivity contribution in [2.24, 2.45) is 4.99 Å². The van der Waals surface area contributed by atoms with Gasteiger partial charge in [0.25, 0.3) is 0 Å². The second-order valence-electron chi connectivity index (χ2n) is 6.57. The fourth-order valence-electron chi connectivity index (χ4n) is 2.92. The summed E-state index contributed by atoms with van der Waals surface area (Å²) in [6, 6.07) is 10.7. The van der Waals surface area contributed by atoms with Crippen molar-refractivity contribution in [1.29, 1.82) is 0 Å². The average molecular weight is 393 g/mol. The van der Waals surface area contributed by atoms with Gasteiger partial charge < -0.3 is 20.3 Å². The van der Waals surface area contributed by atoms with Crippen LogP contribution in [-0.4, -0.2) is 61.0 Å². The van der Waals surface area contributed by atoms with Gasteiger partial charge in [0.2, 0.25) is 0 Å². The number of benzene rings is 1. The van der Waals surface area contributed by atoms with Crippen molar-refractivity contribution < 1.29 is 9.53 Å². The molecule has 0 aromatic heterocycles. The molecule has 27 heavy (non-hydrogen) atoms. The minimum atomic E-state index is -0.205. The summed E-state index contributed by atoms with van der Waals surface area (Å²) in [7, 11) is 0. The Labute approximate surface area is 167 Å². The maximum atomic E-state index is 11.8. The van der Waals surface area contributed by atoms with Crippen LogP contribution in [0.2, 0.25) is 0 Å². The van der Waals surface area contributed by atoms with Crippen molar-refractivity contribution >= 4 is 23.8 Å². The number of rotatable bonds is 7. The molecule has 150 valence electrons. The molecule has 1 amide bonds. The van der Waals surface area contributed by atoms with Crippen LogP contribution in [-0.2, 0) is 4.74 Å². The van der Waals surface area contributed by atoms with Crippen LogP contribution in [0.4, 0.5) is 4.79 Å². The molecule has 1 saturated heterocycles. The first-order chi connectivity index (χ1) is 13.1. The zero-order valence-electron chi connectivity index (χ0n) is 16.6. The topological polar surface area (TPSA) is 66.0 Å². The van der Waals surface area contributed by atoms with Crippen LogP contribution in [0.15, 0.2) is 40.2 Å². The molecular formula is C20H32N4O2S. The highest BCUT2D eigenvalue weighted by atomic mass is 32.2. The lowest BCUT2D eigenvalue weighted by Gasteiger charge is -2.32. The molecule has 7 heteroatoms. The number of nitrogens with zero attached hydrogens (tertiary/aromatic N) is 2. The van der Waals surface area contributed by atoms with Gasteiger partial charge >= 0.3 is 6.09 Å². The Morgan fingerprint density at radius 3 is 2.63 bits per heavy atom. The van der Waals surface area contributed by atoms with E-state index in [1.54, 1.807) is 4.90 Å². The van der Waals surface area contributed by atoms with E-state index in [1.165, 1.54) is 4.90 Å². The lowest BCUT2D eigenvalue weighted by atomic mass is 10.1. The third kappa shape index (κ3) is 7.71. The molecular weight excluding hydrogens is 360 g/mol. The maximum Gasteiger partial charge on any atom is 0.409 e. The zero-order chi connectivity index (χ0) is 19.5. The number of carbonyl (C=O) groups excluding carboxylic acids is 1. The molecule has 1 heterocycles. The highest BCUT2D eigenvalue weighted by Crippen LogP contribution is 2.22. The molecule has 1 unspecified atom stereocenters. The first-order valence-corrected chi connectivity index (χ1v) is 10.7. The fraction of sp³-hybridized carbons (Fsp3) is 0.600. The quantitative estimate of drug-likeness (QED) is 0.423. The van der Waals surface area contributed by atoms with Gasteiger partial charge in [0.15, 0.2) is 5.96 Å². The van der Waals surface area contributed by atoms with Crippen molar-refractivity contribution in [3.63, 3.8) is 0 Å². The number of amides is 1. The SMILES string of the molecule is CCNC(=NCC(C)Sc1ccccc1)NC1CCN(C(=O)OCC)CC1. The number of thioether (sulfide) groups is 1. The van der Waals surface area contributed by atoms with Crippen molar-refractivity contribution in [2.75, 3.05) is 32.8 Å². The number of piperidine rings is 1. The molecule has 1 atom stereocenters. The second-order valence-corrected chi connectivity index (χ2v) is 8.08. The molecule has 0 saturated carbocycles. The summed E-state index contributed by atoms with van der Waals surface area (Å²) in [5.74, 6) is 0.854. The highest BCUT2D eigenvalue weighted by Gasteiger charge is 2.24. The first kappa shape index (κ1) is 21.4. The summed E-state index contributed by atoms with van der Waals surface area (Å²) in [6.07, 6.45) is 1.60. The Balaban J connectivity index is 1.80. The third-order valence-corrected chi connectivity index (χ3v) is 5.39. The largest absolute Gasteiger partial charge is 0.450 e. The van der Waals surface area contributed by atoms with Gasteiger partial charge in [0.1, 0.15) is 0 Å². The summed E-state index contributed by atoms with van der Waals surface area (Å²) in [5, 5.41) is 7.24. The van der Waals surface area contributed by atoms with Gasteiger partial charge in [-0.15, -0.1) is 11.8 Å². The number of hydrogen-bond donors (Lipinski definition) is 2. The van der Waals surface area contributed by atoms with E-state index in [1.807, 2.05) is 24.8 Å². The molecule has 1 fully saturated rings. The zero-order valence-corrected chi connectivity index (χ0v) is 17.4. The third-order valence-electron chi connectivity index (χ3n) is 4.29. The van der Waals surface area contributed by atoms with Gasteiger partial charge in [-0.2, -0.15) is 0 Å². The fourth-order valence-corrected chi connectivity index (χ4v) is 3.85. The Kier molecular flexibility index (Phi) is 9.31. The number of ether oxygens (including phenoxy) is 1. The molecule has 2 N–H and O–H groups in total. The number of hydrogen-bond acceptors (Lipinski definition) is 4. The van der Waals surface area contributed by atoms with E-state index in [4.69, 9.17) is 9.73 Å². The lowest BCUT2D eigenvalue weighted by Crippen LogP contribution is -2.50. The number of guanidine groups is 1. The minimum absolute atomic E-state index is 0.205. The highest BCUT2D eigenvalue weighted by molar-refractivity contribution is 8.00. The van der Waals surface area contributed by atoms with Crippen LogP contribution in [0, 0.1) is 0 Å². The molecule has 1 aliphatic heterocycles. The van der Waals surface area contributed by atoms with Gasteiger partial charge in [-0.3, -0.25) is 4.99 Å². The first-order valence-electron chi connectivity index (χ1n) is 9.80. The molecule has 6 nitrogen and oxygen atoms in total. The molecule has 1 aliphatic rings. The summed E-state index contributed by atoms with van der Waals surface area (Å²) in [4.78, 5) is 19.6. The number of nitrogens with one attached hydrogen (secondary N) is 2. The predicted molar refractivity (Wildman–Crippen MR) is 112 cm³/mol. The van der Waals surface area contributed by atoms with Crippen LogP contribution in [0.25, 0.3) is 0 Å². The number of likely N-dealkylation sites (tertiary alicyclic amines) is 1. The Bertz CT molecular complexity index is 589. The van der Waals surface area contributed by atoms with E-state index < -0.39 is 0 Å². The minimum Gasteiger partial charge on any atom is -0.450 e. The standard InChI is InChI=1S/C20H32N4O2S/c1-4-21-19(22-15-16(3)27-18-9-7-6-8-10-18)23-17-11-13-24(14-12-17)20(25)26-5-2/h6-10,16-17H,4-5,11-15H2,1-3H3,(H2,21,22,23). The summed E-state index contributed by atoms with van der Waals surface area (Å²) in [6.45, 7) is 9.54. The Morgan fingerprint density at radius 2 is 2.00 bits per heavy atom. The van der Waals surface area contributed by atoms with Gasteiger partial charge in [-0.05, 0) is 38.8 Å². The van der Waals surface area contributed by atoms with Crippen molar-refractivity contribution in [3.8, 4) is 0 Å². The molecule has 1 aromatic rings. The van der Waals surface area contributed by atoms with Crippen LogP contribution in [0.5, 0.6) is 0 Å². The summed E-state index contributed by atoms with van der Waals surface area (Å²) >= 11 is 1.84.